The van der Waals surface area contributed by atoms with E-state index in [0.29, 0.717) is 11.8 Å². The van der Waals surface area contributed by atoms with Crippen molar-refractivity contribution in [3.8, 4) is 5.75 Å². The lowest BCUT2D eigenvalue weighted by atomic mass is 10.2. The van der Waals surface area contributed by atoms with E-state index < -0.39 is 0 Å². The fraction of sp³-hybridized carbons (Fsp3) is 0.500. The highest BCUT2D eigenvalue weighted by molar-refractivity contribution is 5.62. The molecular weight excluding hydrogens is 204 g/mol. The summed E-state index contributed by atoms with van der Waals surface area (Å²) in [6.07, 6.45) is 1.41. The third-order valence-electron chi connectivity index (χ3n) is 3.06. The number of nitrogens with two attached hydrogens (primary N) is 1. The first-order valence-corrected chi connectivity index (χ1v) is 5.46. The first-order valence-electron chi connectivity index (χ1n) is 5.46. The molecule has 1 aromatic rings. The molecule has 2 N–H and O–H groups in total. The molecule has 0 radical (unpaired) electrons. The normalized spacial score (nSPS) is 20.1. The minimum Gasteiger partial charge on any atom is -0.495 e. The Bertz CT molecular complexity index is 368. The van der Waals surface area contributed by atoms with Crippen molar-refractivity contribution in [2.75, 3.05) is 37.9 Å². The van der Waals surface area contributed by atoms with E-state index in [-0.39, 0.29) is 0 Å². The fourth-order valence-electron chi connectivity index (χ4n) is 2.05. The van der Waals surface area contributed by atoms with E-state index in [2.05, 4.69) is 4.90 Å². The highest BCUT2D eigenvalue weighted by Gasteiger charge is 2.22. The number of anilines is 2. The van der Waals surface area contributed by atoms with Gasteiger partial charge in [-0.1, -0.05) is 0 Å². The molecule has 0 aliphatic carbocycles. The molecule has 16 heavy (non-hydrogen) atoms. The molecule has 4 nitrogen and oxygen atoms in total. The Hall–Kier alpha value is -1.42. The Morgan fingerprint density at radius 2 is 2.19 bits per heavy atom. The Morgan fingerprint density at radius 1 is 1.38 bits per heavy atom. The Morgan fingerprint density at radius 3 is 2.81 bits per heavy atom. The van der Waals surface area contributed by atoms with Crippen molar-refractivity contribution in [1.82, 2.24) is 0 Å². The van der Waals surface area contributed by atoms with Crippen LogP contribution in [0.25, 0.3) is 0 Å². The van der Waals surface area contributed by atoms with Gasteiger partial charge in [0.2, 0.25) is 0 Å². The number of nitrogens with zero attached hydrogens (tertiary/aromatic N) is 1. The van der Waals surface area contributed by atoms with Crippen LogP contribution < -0.4 is 15.4 Å². The molecule has 1 aliphatic rings. The van der Waals surface area contributed by atoms with Gasteiger partial charge in [-0.2, -0.15) is 0 Å². The molecule has 0 bridgehead atoms. The van der Waals surface area contributed by atoms with E-state index in [0.717, 1.165) is 30.9 Å². The maximum absolute atomic E-state index is 5.78. The summed E-state index contributed by atoms with van der Waals surface area (Å²) in [7, 11) is 3.40. The van der Waals surface area contributed by atoms with Crippen LogP contribution in [-0.2, 0) is 4.74 Å². The lowest BCUT2D eigenvalue weighted by Gasteiger charge is -2.19. The lowest BCUT2D eigenvalue weighted by molar-refractivity contribution is 0.121. The molecule has 1 fully saturated rings. The molecule has 0 spiro atoms. The van der Waals surface area contributed by atoms with Crippen LogP contribution in [0.5, 0.6) is 5.75 Å². The molecule has 4 heteroatoms. The first-order chi connectivity index (χ1) is 7.74. The van der Waals surface area contributed by atoms with Gasteiger partial charge >= 0.3 is 0 Å². The monoisotopic (exact) mass is 222 g/mol. The predicted molar refractivity (Wildman–Crippen MR) is 65.0 cm³/mol. The average molecular weight is 222 g/mol. The highest BCUT2D eigenvalue weighted by Crippen LogP contribution is 2.29. The molecular formula is C12H18N2O2. The molecule has 2 rings (SSSR count). The molecule has 1 heterocycles. The quantitative estimate of drug-likeness (QED) is 0.787. The van der Waals surface area contributed by atoms with Gasteiger partial charge in [0.15, 0.2) is 0 Å². The van der Waals surface area contributed by atoms with Crippen molar-refractivity contribution < 1.29 is 9.47 Å². The van der Waals surface area contributed by atoms with Crippen molar-refractivity contribution in [2.24, 2.45) is 0 Å². The molecule has 1 aliphatic heterocycles. The molecule has 1 aromatic carbocycles. The molecule has 88 valence electrons. The maximum Gasteiger partial charge on any atom is 0.143 e. The number of methoxy groups -OCH3 is 2. The van der Waals surface area contributed by atoms with Crippen molar-refractivity contribution >= 4 is 11.4 Å². The van der Waals surface area contributed by atoms with Crippen LogP contribution in [0.3, 0.4) is 0 Å². The van der Waals surface area contributed by atoms with Crippen LogP contribution in [0.15, 0.2) is 18.2 Å². The second-order valence-electron chi connectivity index (χ2n) is 4.02. The zero-order chi connectivity index (χ0) is 11.5. The first kappa shape index (κ1) is 11.1. The summed E-state index contributed by atoms with van der Waals surface area (Å²) in [5, 5.41) is 0. The molecule has 1 atom stereocenters. The number of ether oxygens (including phenoxy) is 2. The van der Waals surface area contributed by atoms with E-state index in [9.17, 15) is 0 Å². The Labute approximate surface area is 95.9 Å². The lowest BCUT2D eigenvalue weighted by Crippen LogP contribution is -2.22. The Kier molecular flexibility index (Phi) is 3.19. The third kappa shape index (κ3) is 2.07. The minimum atomic E-state index is 0.337. The molecule has 0 amide bonds. The molecule has 1 unspecified atom stereocenters. The second kappa shape index (κ2) is 4.61. The topological polar surface area (TPSA) is 47.7 Å². The zero-order valence-corrected chi connectivity index (χ0v) is 9.77. The fourth-order valence-corrected chi connectivity index (χ4v) is 2.05. The van der Waals surface area contributed by atoms with Crippen LogP contribution in [0.1, 0.15) is 6.42 Å². The van der Waals surface area contributed by atoms with Crippen LogP contribution in [0.4, 0.5) is 11.4 Å². The number of nitrogen functional groups attached to an aromatic ring is 1. The van der Waals surface area contributed by atoms with Crippen LogP contribution in [-0.4, -0.2) is 33.4 Å². The van der Waals surface area contributed by atoms with Gasteiger partial charge < -0.3 is 20.1 Å². The third-order valence-corrected chi connectivity index (χ3v) is 3.06. The average Bonchev–Trinajstić information content (AvgIpc) is 2.78. The van der Waals surface area contributed by atoms with E-state index in [4.69, 9.17) is 15.2 Å². The molecule has 1 saturated heterocycles. The van der Waals surface area contributed by atoms with Gasteiger partial charge in [-0.05, 0) is 18.6 Å². The predicted octanol–water partition coefficient (Wildman–Crippen LogP) is 1.50. The standard InChI is InChI=1S/C12H18N2O2/c1-15-10-5-6-14(8-10)9-3-4-11(13)12(7-9)16-2/h3-4,7,10H,5-6,8,13H2,1-2H3. The van der Waals surface area contributed by atoms with Gasteiger partial charge in [-0.15, -0.1) is 0 Å². The minimum absolute atomic E-state index is 0.337. The number of hydrogen-bond acceptors (Lipinski definition) is 4. The van der Waals surface area contributed by atoms with Gasteiger partial charge in [0.1, 0.15) is 5.75 Å². The summed E-state index contributed by atoms with van der Waals surface area (Å²) >= 11 is 0. The van der Waals surface area contributed by atoms with E-state index in [1.807, 2.05) is 18.2 Å². The van der Waals surface area contributed by atoms with E-state index in [1.54, 1.807) is 14.2 Å². The number of hydrogen-bond donors (Lipinski definition) is 1. The SMILES string of the molecule is COc1cc(N2CCC(OC)C2)ccc1N. The van der Waals surface area contributed by atoms with E-state index in [1.165, 1.54) is 0 Å². The maximum atomic E-state index is 5.78. The van der Waals surface area contributed by atoms with Crippen molar-refractivity contribution in [3.05, 3.63) is 18.2 Å². The van der Waals surface area contributed by atoms with Crippen molar-refractivity contribution in [2.45, 2.75) is 12.5 Å². The number of benzene rings is 1. The van der Waals surface area contributed by atoms with Gasteiger partial charge in [0.05, 0.1) is 18.9 Å². The van der Waals surface area contributed by atoms with Crippen LogP contribution >= 0.6 is 0 Å². The summed E-state index contributed by atoms with van der Waals surface area (Å²) in [5.41, 5.74) is 7.60. The summed E-state index contributed by atoms with van der Waals surface area (Å²) in [5.74, 6) is 0.735. The van der Waals surface area contributed by atoms with Crippen LogP contribution in [0, 0.1) is 0 Å². The zero-order valence-electron chi connectivity index (χ0n) is 9.77. The van der Waals surface area contributed by atoms with Gasteiger partial charge in [0, 0.05) is 32.0 Å². The molecule has 0 saturated carbocycles. The van der Waals surface area contributed by atoms with Crippen molar-refractivity contribution in [3.63, 3.8) is 0 Å². The summed E-state index contributed by atoms with van der Waals surface area (Å²) in [4.78, 5) is 2.29. The smallest absolute Gasteiger partial charge is 0.143 e. The van der Waals surface area contributed by atoms with Crippen LogP contribution in [0.2, 0.25) is 0 Å². The van der Waals surface area contributed by atoms with Crippen molar-refractivity contribution in [1.29, 1.82) is 0 Å². The van der Waals surface area contributed by atoms with Gasteiger partial charge in [-0.25, -0.2) is 0 Å². The Balaban J connectivity index is 2.15. The summed E-state index contributed by atoms with van der Waals surface area (Å²) in [6.45, 7) is 1.95. The summed E-state index contributed by atoms with van der Waals surface area (Å²) < 4.78 is 10.6. The largest absolute Gasteiger partial charge is 0.495 e. The van der Waals surface area contributed by atoms with Gasteiger partial charge in [-0.3, -0.25) is 0 Å². The highest BCUT2D eigenvalue weighted by atomic mass is 16.5. The number of rotatable bonds is 3. The second-order valence-corrected chi connectivity index (χ2v) is 4.02. The van der Waals surface area contributed by atoms with Gasteiger partial charge in [0.25, 0.3) is 0 Å². The summed E-state index contributed by atoms with van der Waals surface area (Å²) in [6, 6.07) is 5.89. The molecule has 0 aromatic heterocycles. The van der Waals surface area contributed by atoms with E-state index >= 15 is 0 Å².